The number of carbonyl (C=O) groups is 2. The van der Waals surface area contributed by atoms with Crippen molar-refractivity contribution >= 4 is 56.9 Å². The van der Waals surface area contributed by atoms with Gasteiger partial charge in [-0.25, -0.2) is 4.79 Å². The van der Waals surface area contributed by atoms with Crippen molar-refractivity contribution < 1.29 is 19.6 Å². The molecule has 1 aliphatic rings. The van der Waals surface area contributed by atoms with E-state index in [0.29, 0.717) is 40.6 Å². The third-order valence-electron chi connectivity index (χ3n) is 6.26. The highest BCUT2D eigenvalue weighted by atomic mass is 79.9. The van der Waals surface area contributed by atoms with Crippen LogP contribution in [0.1, 0.15) is 31.8 Å². The van der Waals surface area contributed by atoms with Crippen LogP contribution in [0.25, 0.3) is 6.08 Å². The number of thioether (sulfide) groups is 1. The van der Waals surface area contributed by atoms with Crippen LogP contribution in [-0.4, -0.2) is 59.9 Å². The van der Waals surface area contributed by atoms with Gasteiger partial charge in [-0.15, -0.1) is 11.8 Å². The van der Waals surface area contributed by atoms with Gasteiger partial charge < -0.3 is 14.9 Å². The topological polar surface area (TPSA) is 104 Å². The van der Waals surface area contributed by atoms with Gasteiger partial charge in [-0.2, -0.15) is 0 Å². The number of ketones is 1. The smallest absolute Gasteiger partial charge is 0.335 e. The van der Waals surface area contributed by atoms with Gasteiger partial charge in [-0.3, -0.25) is 14.9 Å². The van der Waals surface area contributed by atoms with Crippen molar-refractivity contribution in [1.29, 1.82) is 0 Å². The molecule has 10 heteroatoms. The normalized spacial score (nSPS) is 14.4. The zero-order valence-electron chi connectivity index (χ0n) is 20.7. The van der Waals surface area contributed by atoms with E-state index in [0.717, 1.165) is 23.1 Å². The van der Waals surface area contributed by atoms with E-state index in [4.69, 9.17) is 0 Å². The number of nitro benzene ring substituents is 1. The van der Waals surface area contributed by atoms with Crippen LogP contribution in [0, 0.1) is 10.1 Å². The van der Waals surface area contributed by atoms with Crippen LogP contribution >= 0.6 is 27.7 Å². The second-order valence-corrected chi connectivity index (χ2v) is 10.9. The minimum atomic E-state index is -1.07. The molecule has 1 aliphatic heterocycles. The lowest BCUT2D eigenvalue weighted by atomic mass is 10.1. The Morgan fingerprint density at radius 3 is 2.24 bits per heavy atom. The van der Waals surface area contributed by atoms with Gasteiger partial charge in [-0.05, 0) is 54.6 Å². The molecule has 8 nitrogen and oxygen atoms in total. The average molecular weight is 597 g/mol. The third kappa shape index (κ3) is 6.89. The number of hydrogen-bond donors (Lipinski definition) is 1. The maximum absolute atomic E-state index is 13.5. The van der Waals surface area contributed by atoms with E-state index in [1.54, 1.807) is 18.2 Å². The molecule has 0 saturated carbocycles. The molecule has 1 fully saturated rings. The molecule has 0 unspecified atom stereocenters. The molecule has 3 aromatic carbocycles. The van der Waals surface area contributed by atoms with Gasteiger partial charge in [0.25, 0.3) is 5.69 Å². The van der Waals surface area contributed by atoms with Crippen LogP contribution in [0.2, 0.25) is 0 Å². The highest BCUT2D eigenvalue weighted by Crippen LogP contribution is 2.33. The Labute approximate surface area is 233 Å². The summed E-state index contributed by atoms with van der Waals surface area (Å²) in [6.07, 6.45) is 1.66. The molecule has 0 amide bonds. The Balaban J connectivity index is 1.67. The number of benzene rings is 3. The van der Waals surface area contributed by atoms with Gasteiger partial charge >= 0.3 is 5.97 Å². The molecule has 0 aliphatic carbocycles. The molecule has 1 heterocycles. The number of aromatic carboxylic acids is 1. The van der Waals surface area contributed by atoms with Crippen molar-refractivity contribution in [3.63, 3.8) is 0 Å². The molecule has 0 bridgehead atoms. The predicted molar refractivity (Wildman–Crippen MR) is 154 cm³/mol. The molecule has 0 radical (unpaired) electrons. The zero-order chi connectivity index (χ0) is 27.2. The van der Waals surface area contributed by atoms with E-state index >= 15 is 0 Å². The number of Topliss-reactive ketones (excluding diaryl/α,β-unsaturated/α-hetero) is 1. The summed E-state index contributed by atoms with van der Waals surface area (Å²) >= 11 is 4.75. The van der Waals surface area contributed by atoms with E-state index in [2.05, 4.69) is 20.8 Å². The van der Waals surface area contributed by atoms with Gasteiger partial charge in [0.05, 0.1) is 15.4 Å². The predicted octanol–water partition coefficient (Wildman–Crippen LogP) is 5.96. The van der Waals surface area contributed by atoms with Crippen molar-refractivity contribution in [2.24, 2.45) is 0 Å². The molecular weight excluding hydrogens is 570 g/mol. The lowest BCUT2D eigenvalue weighted by Crippen LogP contribution is -2.44. The first-order valence-electron chi connectivity index (χ1n) is 11.9. The summed E-state index contributed by atoms with van der Waals surface area (Å²) in [6, 6.07) is 18.6. The van der Waals surface area contributed by atoms with Crippen molar-refractivity contribution in [2.75, 3.05) is 38.1 Å². The number of likely N-dealkylation sites (N-methyl/N-ethyl adjacent to an activating group) is 1. The molecule has 1 N–H and O–H groups in total. The average Bonchev–Trinajstić information content (AvgIpc) is 2.92. The molecule has 196 valence electrons. The fourth-order valence-corrected chi connectivity index (χ4v) is 5.31. The molecule has 38 heavy (non-hydrogen) atoms. The quantitative estimate of drug-likeness (QED) is 0.140. The lowest BCUT2D eigenvalue weighted by Gasteiger charge is -2.33. The number of piperazine rings is 1. The van der Waals surface area contributed by atoms with Crippen molar-refractivity contribution in [3.8, 4) is 0 Å². The lowest BCUT2D eigenvalue weighted by molar-refractivity contribution is -0.384. The summed E-state index contributed by atoms with van der Waals surface area (Å²) in [5, 5.41) is 21.2. The zero-order valence-corrected chi connectivity index (χ0v) is 23.1. The Bertz CT molecular complexity index is 1370. The Hall–Kier alpha value is -3.47. The van der Waals surface area contributed by atoms with E-state index in [1.165, 1.54) is 42.1 Å². The van der Waals surface area contributed by atoms with E-state index < -0.39 is 5.97 Å². The fourth-order valence-electron chi connectivity index (χ4n) is 4.06. The maximum Gasteiger partial charge on any atom is 0.335 e. The van der Waals surface area contributed by atoms with Gasteiger partial charge in [-0.1, -0.05) is 46.3 Å². The van der Waals surface area contributed by atoms with Crippen LogP contribution < -0.4 is 4.90 Å². The minimum absolute atomic E-state index is 0.00109. The standard InChI is InChI=1S/C28H26BrN3O5S/c1-30-12-14-31(15-13-30)24-11-4-20(16-25(24)32(36)37)17-26(38-18-19-2-9-23(29)10-3-19)27(33)21-5-7-22(8-6-21)28(34)35/h2-11,16-17H,12-15,18H2,1H3,(H,34,35). The minimum Gasteiger partial charge on any atom is -0.478 e. The highest BCUT2D eigenvalue weighted by molar-refractivity contribution is 9.10. The van der Waals surface area contributed by atoms with E-state index in [1.807, 2.05) is 36.2 Å². The first kappa shape index (κ1) is 27.6. The van der Waals surface area contributed by atoms with Crippen LogP contribution in [0.3, 0.4) is 0 Å². The van der Waals surface area contributed by atoms with Crippen LogP contribution in [0.15, 0.2) is 76.1 Å². The largest absolute Gasteiger partial charge is 0.478 e. The molecule has 1 saturated heterocycles. The second-order valence-electron chi connectivity index (χ2n) is 8.93. The molecule has 0 spiro atoms. The van der Waals surface area contributed by atoms with Crippen molar-refractivity contribution in [1.82, 2.24) is 4.90 Å². The van der Waals surface area contributed by atoms with E-state index in [-0.39, 0.29) is 22.0 Å². The summed E-state index contributed by atoms with van der Waals surface area (Å²) in [7, 11) is 2.03. The monoisotopic (exact) mass is 595 g/mol. The summed E-state index contributed by atoms with van der Waals surface area (Å²) in [6.45, 7) is 3.05. The number of nitro groups is 1. The summed E-state index contributed by atoms with van der Waals surface area (Å²) < 4.78 is 0.948. The number of hydrogen-bond acceptors (Lipinski definition) is 7. The van der Waals surface area contributed by atoms with Gasteiger partial charge in [0.15, 0.2) is 5.78 Å². The summed E-state index contributed by atoms with van der Waals surface area (Å²) in [4.78, 5) is 40.9. The Kier molecular flexibility index (Phi) is 8.98. The summed E-state index contributed by atoms with van der Waals surface area (Å²) in [5.74, 6) is -0.841. The number of halogens is 1. The first-order chi connectivity index (χ1) is 18.2. The SMILES string of the molecule is CN1CCN(c2ccc(C=C(SCc3ccc(Br)cc3)C(=O)c3ccc(C(=O)O)cc3)cc2[N+](=O)[O-])CC1. The molecule has 0 atom stereocenters. The fraction of sp³-hybridized carbons (Fsp3) is 0.214. The number of allylic oxidation sites excluding steroid dienone is 1. The number of carboxylic acid groups (broad SMARTS) is 1. The number of rotatable bonds is 9. The van der Waals surface area contributed by atoms with Gasteiger partial charge in [0.2, 0.25) is 0 Å². The van der Waals surface area contributed by atoms with Crippen molar-refractivity contribution in [3.05, 3.63) is 108 Å². The Morgan fingerprint density at radius 2 is 1.63 bits per heavy atom. The molecule has 4 rings (SSSR count). The number of carbonyl (C=O) groups excluding carboxylic acids is 1. The van der Waals surface area contributed by atoms with Crippen LogP contribution in [0.4, 0.5) is 11.4 Å². The van der Waals surface area contributed by atoms with Crippen molar-refractivity contribution in [2.45, 2.75) is 5.75 Å². The van der Waals surface area contributed by atoms with Crippen LogP contribution in [0.5, 0.6) is 0 Å². The van der Waals surface area contributed by atoms with Crippen LogP contribution in [-0.2, 0) is 5.75 Å². The second kappa shape index (κ2) is 12.4. The molecular formula is C28H26BrN3O5S. The number of carboxylic acids is 1. The van der Waals surface area contributed by atoms with E-state index in [9.17, 15) is 24.8 Å². The number of anilines is 1. The first-order valence-corrected chi connectivity index (χ1v) is 13.7. The summed E-state index contributed by atoms with van der Waals surface area (Å²) in [5.41, 5.74) is 2.55. The van der Waals surface area contributed by atoms with Gasteiger partial charge in [0, 0.05) is 48.0 Å². The highest BCUT2D eigenvalue weighted by Gasteiger charge is 2.23. The third-order valence-corrected chi connectivity index (χ3v) is 7.88. The molecule has 3 aromatic rings. The number of nitrogens with zero attached hydrogens (tertiary/aromatic N) is 3. The maximum atomic E-state index is 13.5. The molecule has 0 aromatic heterocycles. The van der Waals surface area contributed by atoms with Gasteiger partial charge in [0.1, 0.15) is 5.69 Å². The Morgan fingerprint density at radius 1 is 1.00 bits per heavy atom.